The molecule has 5 heteroatoms. The summed E-state index contributed by atoms with van der Waals surface area (Å²) in [5.74, 6) is 0.199. The van der Waals surface area contributed by atoms with Gasteiger partial charge in [-0.1, -0.05) is 19.1 Å². The first-order valence-corrected chi connectivity index (χ1v) is 7.39. The van der Waals surface area contributed by atoms with Gasteiger partial charge in [0.1, 0.15) is 5.69 Å². The molecule has 1 amide bonds. The molecule has 1 heterocycles. The van der Waals surface area contributed by atoms with Crippen LogP contribution in [-0.4, -0.2) is 21.4 Å². The van der Waals surface area contributed by atoms with Crippen molar-refractivity contribution in [3.63, 3.8) is 0 Å². The van der Waals surface area contributed by atoms with Crippen LogP contribution < -0.4 is 10.6 Å². The van der Waals surface area contributed by atoms with E-state index in [-0.39, 0.29) is 11.4 Å². The first kappa shape index (κ1) is 15.9. The SMILES string of the molecule is CCc1ccc(NC(=O)c2ccnc(NC(C)(C)C)n2)cc1. The van der Waals surface area contributed by atoms with Crippen LogP contribution in [0, 0.1) is 0 Å². The van der Waals surface area contributed by atoms with Crippen LogP contribution in [0.1, 0.15) is 43.7 Å². The number of carbonyl (C=O) groups is 1. The van der Waals surface area contributed by atoms with Crippen molar-refractivity contribution < 1.29 is 4.79 Å². The van der Waals surface area contributed by atoms with E-state index in [1.165, 1.54) is 5.56 Å². The lowest BCUT2D eigenvalue weighted by molar-refractivity contribution is 0.102. The summed E-state index contributed by atoms with van der Waals surface area (Å²) < 4.78 is 0. The predicted molar refractivity (Wildman–Crippen MR) is 89.2 cm³/mol. The van der Waals surface area contributed by atoms with Crippen LogP contribution in [0.4, 0.5) is 11.6 Å². The van der Waals surface area contributed by atoms with Crippen molar-refractivity contribution in [1.29, 1.82) is 0 Å². The summed E-state index contributed by atoms with van der Waals surface area (Å²) in [4.78, 5) is 20.6. The fourth-order valence-corrected chi connectivity index (χ4v) is 1.90. The molecular formula is C17H22N4O. The van der Waals surface area contributed by atoms with Gasteiger partial charge in [0.05, 0.1) is 0 Å². The fourth-order valence-electron chi connectivity index (χ4n) is 1.90. The van der Waals surface area contributed by atoms with E-state index in [2.05, 4.69) is 27.5 Å². The van der Waals surface area contributed by atoms with E-state index in [9.17, 15) is 4.79 Å². The second-order valence-corrected chi connectivity index (χ2v) is 6.15. The van der Waals surface area contributed by atoms with Gasteiger partial charge in [-0.15, -0.1) is 0 Å². The monoisotopic (exact) mass is 298 g/mol. The molecule has 2 aromatic rings. The van der Waals surface area contributed by atoms with E-state index in [4.69, 9.17) is 0 Å². The molecule has 0 atom stereocenters. The average Bonchev–Trinajstić information content (AvgIpc) is 2.46. The maximum absolute atomic E-state index is 12.3. The van der Waals surface area contributed by atoms with Crippen LogP contribution in [0.3, 0.4) is 0 Å². The summed E-state index contributed by atoms with van der Waals surface area (Å²) in [6.45, 7) is 8.13. The number of hydrogen-bond donors (Lipinski definition) is 2. The van der Waals surface area contributed by atoms with Gasteiger partial charge in [0.25, 0.3) is 5.91 Å². The van der Waals surface area contributed by atoms with Crippen molar-refractivity contribution in [2.75, 3.05) is 10.6 Å². The summed E-state index contributed by atoms with van der Waals surface area (Å²) in [5, 5.41) is 6.00. The summed E-state index contributed by atoms with van der Waals surface area (Å²) >= 11 is 0. The number of nitrogens with zero attached hydrogens (tertiary/aromatic N) is 2. The molecule has 5 nitrogen and oxygen atoms in total. The van der Waals surface area contributed by atoms with Gasteiger partial charge in [-0.3, -0.25) is 4.79 Å². The van der Waals surface area contributed by atoms with Crippen LogP contribution in [-0.2, 0) is 6.42 Å². The summed E-state index contributed by atoms with van der Waals surface area (Å²) in [5.41, 5.74) is 2.16. The van der Waals surface area contributed by atoms with Crippen LogP contribution >= 0.6 is 0 Å². The van der Waals surface area contributed by atoms with E-state index in [1.807, 2.05) is 45.0 Å². The number of hydrogen-bond acceptors (Lipinski definition) is 4. The second-order valence-electron chi connectivity index (χ2n) is 6.15. The molecule has 0 aliphatic rings. The second kappa shape index (κ2) is 6.56. The Labute approximate surface area is 131 Å². The smallest absolute Gasteiger partial charge is 0.274 e. The molecule has 0 aliphatic heterocycles. The first-order valence-electron chi connectivity index (χ1n) is 7.39. The third-order valence-electron chi connectivity index (χ3n) is 3.00. The van der Waals surface area contributed by atoms with Crippen LogP contribution in [0.5, 0.6) is 0 Å². The Kier molecular flexibility index (Phi) is 4.75. The molecule has 2 N–H and O–H groups in total. The standard InChI is InChI=1S/C17H22N4O/c1-5-12-6-8-13(9-7-12)19-15(22)14-10-11-18-16(20-14)21-17(2,3)4/h6-11H,5H2,1-4H3,(H,19,22)(H,18,20,21). The zero-order valence-electron chi connectivity index (χ0n) is 13.5. The van der Waals surface area contributed by atoms with E-state index in [0.29, 0.717) is 11.6 Å². The molecule has 0 radical (unpaired) electrons. The Morgan fingerprint density at radius 1 is 1.14 bits per heavy atom. The van der Waals surface area contributed by atoms with Gasteiger partial charge in [-0.05, 0) is 51.0 Å². The molecule has 116 valence electrons. The number of amides is 1. The largest absolute Gasteiger partial charge is 0.350 e. The summed E-state index contributed by atoms with van der Waals surface area (Å²) in [7, 11) is 0. The van der Waals surface area contributed by atoms with Crippen molar-refractivity contribution in [3.05, 3.63) is 47.8 Å². The Hall–Kier alpha value is -2.43. The first-order chi connectivity index (χ1) is 10.4. The highest BCUT2D eigenvalue weighted by Gasteiger charge is 2.14. The van der Waals surface area contributed by atoms with Crippen molar-refractivity contribution in [1.82, 2.24) is 9.97 Å². The summed E-state index contributed by atoms with van der Waals surface area (Å²) in [6, 6.07) is 9.40. The van der Waals surface area contributed by atoms with Gasteiger partial charge < -0.3 is 10.6 Å². The third kappa shape index (κ3) is 4.55. The molecule has 0 spiro atoms. The van der Waals surface area contributed by atoms with E-state index in [1.54, 1.807) is 12.3 Å². The zero-order chi connectivity index (χ0) is 16.2. The van der Waals surface area contributed by atoms with Gasteiger partial charge in [-0.2, -0.15) is 0 Å². The molecule has 0 saturated heterocycles. The Morgan fingerprint density at radius 3 is 2.41 bits per heavy atom. The number of carbonyl (C=O) groups excluding carboxylic acids is 1. The van der Waals surface area contributed by atoms with Gasteiger partial charge in [0.2, 0.25) is 5.95 Å². The van der Waals surface area contributed by atoms with Gasteiger partial charge in [0, 0.05) is 17.4 Å². The lowest BCUT2D eigenvalue weighted by atomic mass is 10.1. The number of aryl methyl sites for hydroxylation is 1. The molecule has 0 saturated carbocycles. The van der Waals surface area contributed by atoms with E-state index in [0.717, 1.165) is 12.1 Å². The average molecular weight is 298 g/mol. The van der Waals surface area contributed by atoms with Crippen LogP contribution in [0.15, 0.2) is 36.5 Å². The van der Waals surface area contributed by atoms with E-state index < -0.39 is 0 Å². The minimum Gasteiger partial charge on any atom is -0.350 e. The summed E-state index contributed by atoms with van der Waals surface area (Å²) in [6.07, 6.45) is 2.55. The molecule has 0 fully saturated rings. The minimum absolute atomic E-state index is 0.162. The Bertz CT molecular complexity index is 644. The highest BCUT2D eigenvalue weighted by molar-refractivity contribution is 6.02. The van der Waals surface area contributed by atoms with Gasteiger partial charge in [0.15, 0.2) is 0 Å². The molecule has 0 bridgehead atoms. The number of aromatic nitrogens is 2. The lowest BCUT2D eigenvalue weighted by Crippen LogP contribution is -2.28. The van der Waals surface area contributed by atoms with Gasteiger partial charge in [-0.25, -0.2) is 9.97 Å². The quantitative estimate of drug-likeness (QED) is 0.906. The molecular weight excluding hydrogens is 276 g/mol. The number of anilines is 2. The topological polar surface area (TPSA) is 66.9 Å². The molecule has 0 aliphatic carbocycles. The number of benzene rings is 1. The molecule has 1 aromatic carbocycles. The fraction of sp³-hybridized carbons (Fsp3) is 0.353. The zero-order valence-corrected chi connectivity index (χ0v) is 13.5. The molecule has 22 heavy (non-hydrogen) atoms. The van der Waals surface area contributed by atoms with Crippen LogP contribution in [0.2, 0.25) is 0 Å². The Balaban J connectivity index is 2.10. The number of nitrogens with one attached hydrogen (secondary N) is 2. The van der Waals surface area contributed by atoms with Crippen molar-refractivity contribution in [3.8, 4) is 0 Å². The van der Waals surface area contributed by atoms with Crippen molar-refractivity contribution >= 4 is 17.5 Å². The highest BCUT2D eigenvalue weighted by atomic mass is 16.1. The highest BCUT2D eigenvalue weighted by Crippen LogP contribution is 2.13. The maximum Gasteiger partial charge on any atom is 0.274 e. The van der Waals surface area contributed by atoms with Gasteiger partial charge >= 0.3 is 0 Å². The predicted octanol–water partition coefficient (Wildman–Crippen LogP) is 3.50. The van der Waals surface area contributed by atoms with Crippen LogP contribution in [0.25, 0.3) is 0 Å². The third-order valence-corrected chi connectivity index (χ3v) is 3.00. The Morgan fingerprint density at radius 2 is 1.82 bits per heavy atom. The lowest BCUT2D eigenvalue weighted by Gasteiger charge is -2.20. The number of rotatable bonds is 4. The minimum atomic E-state index is -0.247. The molecule has 0 unspecified atom stereocenters. The molecule has 2 rings (SSSR count). The normalized spacial score (nSPS) is 11.1. The van der Waals surface area contributed by atoms with Crippen molar-refractivity contribution in [2.45, 2.75) is 39.7 Å². The maximum atomic E-state index is 12.3. The van der Waals surface area contributed by atoms with Crippen molar-refractivity contribution in [2.24, 2.45) is 0 Å². The van der Waals surface area contributed by atoms with E-state index >= 15 is 0 Å². The molecule has 1 aromatic heterocycles.